The molecule has 5 nitrogen and oxygen atoms in total. The summed E-state index contributed by atoms with van der Waals surface area (Å²) in [6, 6.07) is 1.60. The molecule has 2 rings (SSSR count). The van der Waals surface area contributed by atoms with Crippen LogP contribution in [0.5, 0.6) is 0 Å². The first-order valence-corrected chi connectivity index (χ1v) is 5.15. The van der Waals surface area contributed by atoms with Crippen LogP contribution in [-0.4, -0.2) is 42.6 Å². The molecule has 0 saturated carbocycles. The summed E-state index contributed by atoms with van der Waals surface area (Å²) in [4.78, 5) is 13.7. The van der Waals surface area contributed by atoms with E-state index in [1.54, 1.807) is 6.07 Å². The molecule has 0 aromatic carbocycles. The SMILES string of the molecule is CNCC1CCN(C(=O)c2ccon2)C1. The highest BCUT2D eigenvalue weighted by Gasteiger charge is 2.27. The molecule has 0 radical (unpaired) electrons. The second-order valence-electron chi connectivity index (χ2n) is 3.85. The van der Waals surface area contributed by atoms with Gasteiger partial charge < -0.3 is 14.7 Å². The highest BCUT2D eigenvalue weighted by Crippen LogP contribution is 2.17. The Bertz CT molecular complexity index is 323. The van der Waals surface area contributed by atoms with E-state index in [-0.39, 0.29) is 5.91 Å². The van der Waals surface area contributed by atoms with Crippen molar-refractivity contribution in [3.05, 3.63) is 18.0 Å². The second-order valence-corrected chi connectivity index (χ2v) is 3.85. The van der Waals surface area contributed by atoms with Gasteiger partial charge in [-0.25, -0.2) is 0 Å². The van der Waals surface area contributed by atoms with E-state index >= 15 is 0 Å². The van der Waals surface area contributed by atoms with Gasteiger partial charge in [0.15, 0.2) is 5.69 Å². The van der Waals surface area contributed by atoms with Crippen molar-refractivity contribution in [2.45, 2.75) is 6.42 Å². The van der Waals surface area contributed by atoms with Crippen molar-refractivity contribution in [3.8, 4) is 0 Å². The lowest BCUT2D eigenvalue weighted by Gasteiger charge is -2.14. The van der Waals surface area contributed by atoms with E-state index in [2.05, 4.69) is 15.0 Å². The summed E-state index contributed by atoms with van der Waals surface area (Å²) in [6.45, 7) is 2.59. The first kappa shape index (κ1) is 10.2. The molecule has 1 aromatic heterocycles. The maximum atomic E-state index is 11.8. The normalized spacial score (nSPS) is 20.9. The monoisotopic (exact) mass is 209 g/mol. The summed E-state index contributed by atoms with van der Waals surface area (Å²) in [7, 11) is 1.93. The Labute approximate surface area is 88.4 Å². The summed E-state index contributed by atoms with van der Waals surface area (Å²) in [5.41, 5.74) is 0.403. The van der Waals surface area contributed by atoms with Crippen LogP contribution in [0.1, 0.15) is 16.9 Å². The maximum Gasteiger partial charge on any atom is 0.276 e. The minimum absolute atomic E-state index is 0.0256. The predicted molar refractivity (Wildman–Crippen MR) is 54.4 cm³/mol. The van der Waals surface area contributed by atoms with Crippen LogP contribution in [0.3, 0.4) is 0 Å². The first-order chi connectivity index (χ1) is 7.31. The molecule has 1 amide bonds. The topological polar surface area (TPSA) is 58.4 Å². The Morgan fingerprint density at radius 3 is 3.33 bits per heavy atom. The molecule has 0 bridgehead atoms. The molecule has 1 unspecified atom stereocenters. The zero-order chi connectivity index (χ0) is 10.7. The number of rotatable bonds is 3. The summed E-state index contributed by atoms with van der Waals surface area (Å²) < 4.78 is 4.66. The molecular weight excluding hydrogens is 194 g/mol. The third-order valence-corrected chi connectivity index (χ3v) is 2.72. The quantitative estimate of drug-likeness (QED) is 0.780. The number of carbonyl (C=O) groups excluding carboxylic acids is 1. The number of nitrogens with zero attached hydrogens (tertiary/aromatic N) is 2. The van der Waals surface area contributed by atoms with Gasteiger partial charge in [-0.05, 0) is 25.9 Å². The predicted octanol–water partition coefficient (Wildman–Crippen LogP) is 0.356. The van der Waals surface area contributed by atoms with E-state index in [1.165, 1.54) is 6.26 Å². The zero-order valence-electron chi connectivity index (χ0n) is 8.77. The number of nitrogens with one attached hydrogen (secondary N) is 1. The van der Waals surface area contributed by atoms with Crippen molar-refractivity contribution in [3.63, 3.8) is 0 Å². The molecule has 1 aliphatic heterocycles. The second kappa shape index (κ2) is 4.44. The number of aromatic nitrogens is 1. The Morgan fingerprint density at radius 2 is 2.67 bits per heavy atom. The van der Waals surface area contributed by atoms with E-state index in [1.807, 2.05) is 11.9 Å². The molecule has 1 atom stereocenters. The van der Waals surface area contributed by atoms with E-state index in [0.29, 0.717) is 11.6 Å². The van der Waals surface area contributed by atoms with Gasteiger partial charge in [0.2, 0.25) is 0 Å². The molecule has 1 N–H and O–H groups in total. The largest absolute Gasteiger partial charge is 0.364 e. The van der Waals surface area contributed by atoms with Crippen molar-refractivity contribution >= 4 is 5.91 Å². The van der Waals surface area contributed by atoms with Crippen molar-refractivity contribution < 1.29 is 9.32 Å². The molecule has 5 heteroatoms. The summed E-state index contributed by atoms with van der Waals surface area (Å²) in [5, 5.41) is 6.78. The number of likely N-dealkylation sites (tertiary alicyclic amines) is 1. The van der Waals surface area contributed by atoms with Crippen LogP contribution in [0.25, 0.3) is 0 Å². The summed E-state index contributed by atoms with van der Waals surface area (Å²) in [6.07, 6.45) is 2.48. The van der Waals surface area contributed by atoms with Crippen molar-refractivity contribution in [1.82, 2.24) is 15.4 Å². The summed E-state index contributed by atoms with van der Waals surface area (Å²) in [5.74, 6) is 0.535. The molecule has 1 aromatic rings. The number of amides is 1. The fourth-order valence-corrected chi connectivity index (χ4v) is 1.96. The molecule has 1 fully saturated rings. The Hall–Kier alpha value is -1.36. The van der Waals surface area contributed by atoms with Crippen molar-refractivity contribution in [1.29, 1.82) is 0 Å². The fraction of sp³-hybridized carbons (Fsp3) is 0.600. The van der Waals surface area contributed by atoms with Gasteiger partial charge in [-0.15, -0.1) is 0 Å². The van der Waals surface area contributed by atoms with Crippen LogP contribution in [0.15, 0.2) is 16.9 Å². The van der Waals surface area contributed by atoms with Crippen molar-refractivity contribution in [2.24, 2.45) is 5.92 Å². The summed E-state index contributed by atoms with van der Waals surface area (Å²) >= 11 is 0. The number of carbonyl (C=O) groups is 1. The van der Waals surface area contributed by atoms with Gasteiger partial charge in [-0.1, -0.05) is 5.16 Å². The maximum absolute atomic E-state index is 11.8. The van der Waals surface area contributed by atoms with Crippen LogP contribution in [0.4, 0.5) is 0 Å². The third-order valence-electron chi connectivity index (χ3n) is 2.72. The van der Waals surface area contributed by atoms with Gasteiger partial charge in [-0.2, -0.15) is 0 Å². The van der Waals surface area contributed by atoms with Crippen LogP contribution in [0, 0.1) is 5.92 Å². The Kier molecular flexibility index (Phi) is 3.01. The van der Waals surface area contributed by atoms with Crippen LogP contribution in [-0.2, 0) is 0 Å². The highest BCUT2D eigenvalue weighted by atomic mass is 16.5. The average molecular weight is 209 g/mol. The molecule has 0 aliphatic carbocycles. The third kappa shape index (κ3) is 2.18. The average Bonchev–Trinajstić information content (AvgIpc) is 2.87. The zero-order valence-corrected chi connectivity index (χ0v) is 8.77. The molecule has 0 spiro atoms. The highest BCUT2D eigenvalue weighted by molar-refractivity contribution is 5.92. The van der Waals surface area contributed by atoms with Gasteiger partial charge >= 0.3 is 0 Å². The molecule has 82 valence electrons. The van der Waals surface area contributed by atoms with Crippen LogP contribution < -0.4 is 5.32 Å². The lowest BCUT2D eigenvalue weighted by molar-refractivity contribution is 0.0777. The molecular formula is C10H15N3O2. The van der Waals surface area contributed by atoms with Gasteiger partial charge in [0.1, 0.15) is 6.26 Å². The Morgan fingerprint density at radius 1 is 1.80 bits per heavy atom. The molecule has 1 saturated heterocycles. The van der Waals surface area contributed by atoms with Gasteiger partial charge in [0.25, 0.3) is 5.91 Å². The van der Waals surface area contributed by atoms with Crippen molar-refractivity contribution in [2.75, 3.05) is 26.7 Å². The lowest BCUT2D eigenvalue weighted by atomic mass is 10.1. The van der Waals surface area contributed by atoms with Gasteiger partial charge in [0.05, 0.1) is 0 Å². The van der Waals surface area contributed by atoms with Crippen LogP contribution in [0.2, 0.25) is 0 Å². The molecule has 2 heterocycles. The smallest absolute Gasteiger partial charge is 0.276 e. The lowest BCUT2D eigenvalue weighted by Crippen LogP contribution is -2.30. The number of hydrogen-bond acceptors (Lipinski definition) is 4. The molecule has 15 heavy (non-hydrogen) atoms. The van der Waals surface area contributed by atoms with Crippen LogP contribution >= 0.6 is 0 Å². The standard InChI is InChI=1S/C10H15N3O2/c1-11-6-8-2-4-13(7-8)10(14)9-3-5-15-12-9/h3,5,8,11H,2,4,6-7H2,1H3. The number of hydrogen-bond donors (Lipinski definition) is 1. The van der Waals surface area contributed by atoms with E-state index in [9.17, 15) is 4.79 Å². The minimum atomic E-state index is -0.0256. The Balaban J connectivity index is 1.93. The van der Waals surface area contributed by atoms with E-state index in [0.717, 1.165) is 26.1 Å². The van der Waals surface area contributed by atoms with Gasteiger partial charge in [-0.3, -0.25) is 4.79 Å². The molecule has 1 aliphatic rings. The minimum Gasteiger partial charge on any atom is -0.364 e. The van der Waals surface area contributed by atoms with E-state index in [4.69, 9.17) is 0 Å². The van der Waals surface area contributed by atoms with Gasteiger partial charge in [0, 0.05) is 19.2 Å². The van der Waals surface area contributed by atoms with E-state index < -0.39 is 0 Å². The first-order valence-electron chi connectivity index (χ1n) is 5.15. The fourth-order valence-electron chi connectivity index (χ4n) is 1.96.